The first-order valence-electron chi connectivity index (χ1n) is 0.733. The Morgan fingerprint density at radius 1 is 0.312 bits per heavy atom. The maximum Gasteiger partial charge on any atom is 0 e. The molecule has 8 nitrogen and oxygen atoms in total. The van der Waals surface area contributed by atoms with E-state index >= 15 is 0 Å². The van der Waals surface area contributed by atoms with E-state index in [9.17, 15) is 0 Å². The van der Waals surface area contributed by atoms with E-state index in [2.05, 4.69) is 0 Å². The topological polar surface area (TPSA) is 149 Å². The SMILES string of the molecule is C.C.C.C.C.C.C.C.O=O.O=O.OO.OO. The minimum absolute atomic E-state index is 0. The molecule has 0 spiro atoms. The van der Waals surface area contributed by atoms with Crippen LogP contribution >= 0.6 is 0 Å². The molecule has 0 atom stereocenters. The monoisotopic (exact) mass is 260 g/mol. The normalized spacial score (nSPS) is 1.25. The van der Waals surface area contributed by atoms with Crippen molar-refractivity contribution in [1.29, 1.82) is 0 Å². The third-order valence-corrected chi connectivity index (χ3v) is 0. The van der Waals surface area contributed by atoms with Crippen LogP contribution in [0.4, 0.5) is 0 Å². The Kier molecular flexibility index (Phi) is 51900. The predicted molar refractivity (Wildman–Crippen MR) is 77.8 cm³/mol. The van der Waals surface area contributed by atoms with Crippen molar-refractivity contribution in [2.24, 2.45) is 0 Å². The first-order chi connectivity index (χ1) is 4.00. The molecule has 0 aromatic heterocycles. The van der Waals surface area contributed by atoms with E-state index in [1.165, 1.54) is 0 Å². The van der Waals surface area contributed by atoms with Crippen LogP contribution in [0.2, 0.25) is 0 Å². The van der Waals surface area contributed by atoms with Gasteiger partial charge < -0.3 is 0 Å². The van der Waals surface area contributed by atoms with E-state index in [4.69, 9.17) is 40.9 Å². The van der Waals surface area contributed by atoms with Crippen molar-refractivity contribution in [1.82, 2.24) is 0 Å². The highest BCUT2D eigenvalue weighted by Gasteiger charge is 0.748. The Bertz CT molecular complexity index is 18.0. The summed E-state index contributed by atoms with van der Waals surface area (Å²) in [5, 5.41) is 24.0. The lowest BCUT2D eigenvalue weighted by Crippen LogP contribution is -1.29. The summed E-state index contributed by atoms with van der Waals surface area (Å²) in [5.41, 5.74) is 0. The van der Waals surface area contributed by atoms with E-state index in [1.54, 1.807) is 0 Å². The van der Waals surface area contributed by atoms with Gasteiger partial charge >= 0.3 is 0 Å². The molecule has 8 heteroatoms. The van der Waals surface area contributed by atoms with Crippen molar-refractivity contribution in [3.8, 4) is 0 Å². The minimum atomic E-state index is 0. The standard InChI is InChI=1S/8CH4.2H2O2.2O2/c;;;;;;;;4*1-2/h8*1H4;2*1-2H;;. The highest BCUT2D eigenvalue weighted by Crippen LogP contribution is 0.743. The van der Waals surface area contributed by atoms with Crippen LogP contribution in [-0.4, -0.2) is 21.0 Å². The molecule has 0 radical (unpaired) electrons. The molecule has 0 rings (SSSR count). The molecule has 0 unspecified atom stereocenters. The quantitative estimate of drug-likeness (QED) is 0.340. The van der Waals surface area contributed by atoms with Crippen LogP contribution in [0.25, 0.3) is 0 Å². The predicted octanol–water partition coefficient (Wildman–Crippen LogP) is 5.26. The summed E-state index contributed by atoms with van der Waals surface area (Å²) in [6, 6.07) is 0. The zero-order valence-electron chi connectivity index (χ0n) is 3.42. The van der Waals surface area contributed by atoms with E-state index in [-0.39, 0.29) is 59.4 Å². The first-order valence-corrected chi connectivity index (χ1v) is 0.733. The van der Waals surface area contributed by atoms with Crippen molar-refractivity contribution >= 4 is 0 Å². The summed E-state index contributed by atoms with van der Waals surface area (Å²) in [4.78, 5) is 28.0. The zero-order chi connectivity index (χ0) is 8.00. The fourth-order valence-corrected chi connectivity index (χ4v) is 0. The van der Waals surface area contributed by atoms with Crippen molar-refractivity contribution in [2.75, 3.05) is 0 Å². The molecule has 0 heterocycles. The maximum absolute atomic E-state index is 7.00. The van der Waals surface area contributed by atoms with Crippen LogP contribution in [0, 0.1) is 19.9 Å². The minimum Gasteiger partial charge on any atom is -0.255 e. The van der Waals surface area contributed by atoms with E-state index < -0.39 is 0 Å². The van der Waals surface area contributed by atoms with Crippen molar-refractivity contribution in [3.63, 3.8) is 0 Å². The first kappa shape index (κ1) is 321. The molecule has 0 amide bonds. The number of hydrogen-bond acceptors (Lipinski definition) is 8. The number of hydrogen-bond donors (Lipinski definition) is 4. The second-order valence-electron chi connectivity index (χ2n) is 0. The molecule has 0 aliphatic carbocycles. The second kappa shape index (κ2) is 2590. The fourth-order valence-electron chi connectivity index (χ4n) is 0. The van der Waals surface area contributed by atoms with Gasteiger partial charge in [0.15, 0.2) is 0 Å². The van der Waals surface area contributed by atoms with Gasteiger partial charge in [0, 0.05) is 19.9 Å². The molecule has 0 bridgehead atoms. The van der Waals surface area contributed by atoms with Gasteiger partial charge in [0.05, 0.1) is 0 Å². The van der Waals surface area contributed by atoms with Crippen LogP contribution in [0.1, 0.15) is 59.4 Å². The lowest BCUT2D eigenvalue weighted by molar-refractivity contribution is -0.176. The average molecular weight is 260 g/mol. The van der Waals surface area contributed by atoms with Gasteiger partial charge in [-0.05, 0) is 0 Å². The van der Waals surface area contributed by atoms with Gasteiger partial charge in [-0.3, -0.25) is 21.0 Å². The van der Waals surface area contributed by atoms with E-state index in [1.807, 2.05) is 0 Å². The summed E-state index contributed by atoms with van der Waals surface area (Å²) in [5.74, 6) is 0. The van der Waals surface area contributed by atoms with Crippen molar-refractivity contribution in [3.05, 3.63) is 19.9 Å². The fraction of sp³-hybridized carbons (Fsp3) is 1.00. The molecule has 0 aromatic rings. The molecule has 0 aromatic carbocycles. The molecule has 0 fully saturated rings. The maximum atomic E-state index is 7.00. The molecule has 0 aliphatic heterocycles. The van der Waals surface area contributed by atoms with Gasteiger partial charge in [0.2, 0.25) is 0 Å². The molecule has 16 heavy (non-hydrogen) atoms. The summed E-state index contributed by atoms with van der Waals surface area (Å²) in [6.07, 6.45) is 0. The summed E-state index contributed by atoms with van der Waals surface area (Å²) >= 11 is 0. The van der Waals surface area contributed by atoms with E-state index in [0.29, 0.717) is 0 Å². The molecular weight excluding hydrogens is 224 g/mol. The third-order valence-electron chi connectivity index (χ3n) is 0. The molecular formula is C8H36O8. The van der Waals surface area contributed by atoms with Crippen molar-refractivity contribution in [2.45, 2.75) is 59.4 Å². The second-order valence-corrected chi connectivity index (χ2v) is 0. The molecule has 0 saturated heterocycles. The Balaban J connectivity index is -0.00000000114. The largest absolute Gasteiger partial charge is 0.255 e. The molecule has 116 valence electrons. The highest BCUT2D eigenvalue weighted by molar-refractivity contribution is 4.08. The summed E-state index contributed by atoms with van der Waals surface area (Å²) < 4.78 is 0. The smallest absolute Gasteiger partial charge is 0 e. The van der Waals surface area contributed by atoms with Gasteiger partial charge in [-0.25, -0.2) is 0 Å². The number of rotatable bonds is 0. The summed E-state index contributed by atoms with van der Waals surface area (Å²) in [7, 11) is 0. The van der Waals surface area contributed by atoms with Crippen LogP contribution < -0.4 is 0 Å². The summed E-state index contributed by atoms with van der Waals surface area (Å²) in [6.45, 7) is 0. The van der Waals surface area contributed by atoms with Crippen molar-refractivity contribution < 1.29 is 21.0 Å². The van der Waals surface area contributed by atoms with Crippen LogP contribution in [-0.2, 0) is 0 Å². The Morgan fingerprint density at radius 3 is 0.312 bits per heavy atom. The van der Waals surface area contributed by atoms with Crippen LogP contribution in [0.15, 0.2) is 0 Å². The van der Waals surface area contributed by atoms with Gasteiger partial charge in [0.25, 0.3) is 0 Å². The zero-order valence-corrected chi connectivity index (χ0v) is 3.42. The van der Waals surface area contributed by atoms with Crippen LogP contribution in [0.5, 0.6) is 0 Å². The van der Waals surface area contributed by atoms with Gasteiger partial charge in [-0.1, -0.05) is 59.4 Å². The molecule has 4 N–H and O–H groups in total. The van der Waals surface area contributed by atoms with Gasteiger partial charge in [-0.2, -0.15) is 0 Å². The highest BCUT2D eigenvalue weighted by atomic mass is 17.0. The molecule has 0 aliphatic rings. The van der Waals surface area contributed by atoms with Gasteiger partial charge in [-0.15, -0.1) is 0 Å². The lowest BCUT2D eigenvalue weighted by atomic mass is 12.0. The Labute approximate surface area is 101 Å². The van der Waals surface area contributed by atoms with Gasteiger partial charge in [0.1, 0.15) is 0 Å². The van der Waals surface area contributed by atoms with E-state index in [0.717, 1.165) is 0 Å². The lowest BCUT2D eigenvalue weighted by Gasteiger charge is -1.25. The molecule has 0 saturated carbocycles. The Morgan fingerprint density at radius 2 is 0.312 bits per heavy atom. The Hall–Kier alpha value is -0.960. The third kappa shape index (κ3) is 2050. The average Bonchev–Trinajstić information content (AvgIpc) is 2.03. The van der Waals surface area contributed by atoms with Crippen LogP contribution in [0.3, 0.4) is 0 Å².